The van der Waals surface area contributed by atoms with E-state index in [1.807, 2.05) is 49.5 Å². The molecular weight excluding hydrogens is 264 g/mol. The van der Waals surface area contributed by atoms with Crippen molar-refractivity contribution >= 4 is 16.6 Å². The average Bonchev–Trinajstić information content (AvgIpc) is 2.81. The highest BCUT2D eigenvalue weighted by Crippen LogP contribution is 2.28. The van der Waals surface area contributed by atoms with Crippen LogP contribution in [0.2, 0.25) is 0 Å². The van der Waals surface area contributed by atoms with E-state index in [4.69, 9.17) is 15.2 Å². The largest absolute Gasteiger partial charge is 0.493 e. The third kappa shape index (κ3) is 2.52. The van der Waals surface area contributed by atoms with Gasteiger partial charge in [0.25, 0.3) is 0 Å². The first kappa shape index (κ1) is 13.4. The summed E-state index contributed by atoms with van der Waals surface area (Å²) in [5, 5.41) is 1.15. The second kappa shape index (κ2) is 5.40. The lowest BCUT2D eigenvalue weighted by Crippen LogP contribution is -1.97. The van der Waals surface area contributed by atoms with Gasteiger partial charge in [-0.1, -0.05) is 18.2 Å². The maximum Gasteiger partial charge on any atom is 0.161 e. The summed E-state index contributed by atoms with van der Waals surface area (Å²) in [4.78, 5) is 0. The minimum absolute atomic E-state index is 0.488. The van der Waals surface area contributed by atoms with Gasteiger partial charge in [0, 0.05) is 29.9 Å². The van der Waals surface area contributed by atoms with E-state index in [9.17, 15) is 0 Å². The molecule has 0 aliphatic carbocycles. The molecule has 4 nitrogen and oxygen atoms in total. The van der Waals surface area contributed by atoms with E-state index in [0.717, 1.165) is 33.7 Å². The Kier molecular flexibility index (Phi) is 3.44. The number of anilines is 1. The molecule has 2 aromatic carbocycles. The van der Waals surface area contributed by atoms with E-state index >= 15 is 0 Å². The number of nitrogens with two attached hydrogens (primary N) is 1. The Labute approximate surface area is 123 Å². The third-order valence-electron chi connectivity index (χ3n) is 3.55. The van der Waals surface area contributed by atoms with Crippen LogP contribution < -0.4 is 15.2 Å². The van der Waals surface area contributed by atoms with E-state index < -0.39 is 0 Å². The van der Waals surface area contributed by atoms with Crippen LogP contribution >= 0.6 is 0 Å². The molecule has 0 aliphatic heterocycles. The second-order valence-corrected chi connectivity index (χ2v) is 4.98. The molecule has 3 aromatic rings. The number of fused-ring (bicyclic) bond motifs is 1. The number of aromatic nitrogens is 1. The molecule has 0 aliphatic rings. The third-order valence-corrected chi connectivity index (χ3v) is 3.55. The van der Waals surface area contributed by atoms with Crippen LogP contribution in [-0.2, 0) is 13.7 Å². The SMILES string of the molecule is COc1ccccc1OCc1cn(C)c2cc(N)ccc12. The number of aryl methyl sites for hydroxylation is 1. The van der Waals surface area contributed by atoms with Crippen LogP contribution in [0.4, 0.5) is 5.69 Å². The van der Waals surface area contributed by atoms with Crippen molar-refractivity contribution in [3.05, 3.63) is 54.2 Å². The van der Waals surface area contributed by atoms with E-state index in [1.54, 1.807) is 7.11 Å². The molecule has 3 rings (SSSR count). The van der Waals surface area contributed by atoms with E-state index in [-0.39, 0.29) is 0 Å². The van der Waals surface area contributed by atoms with Crippen molar-refractivity contribution in [3.8, 4) is 11.5 Å². The zero-order chi connectivity index (χ0) is 14.8. The van der Waals surface area contributed by atoms with Crippen molar-refractivity contribution in [2.24, 2.45) is 7.05 Å². The molecule has 0 spiro atoms. The molecule has 0 saturated carbocycles. The number of nitrogens with zero attached hydrogens (tertiary/aromatic N) is 1. The maximum absolute atomic E-state index is 5.90. The minimum atomic E-state index is 0.488. The highest BCUT2D eigenvalue weighted by molar-refractivity contribution is 5.86. The normalized spacial score (nSPS) is 10.8. The Morgan fingerprint density at radius 2 is 1.86 bits per heavy atom. The summed E-state index contributed by atoms with van der Waals surface area (Å²) in [6, 6.07) is 13.6. The van der Waals surface area contributed by atoms with Crippen LogP contribution in [0, 0.1) is 0 Å². The fourth-order valence-corrected chi connectivity index (χ4v) is 2.49. The first-order valence-corrected chi connectivity index (χ1v) is 6.78. The highest BCUT2D eigenvalue weighted by atomic mass is 16.5. The summed E-state index contributed by atoms with van der Waals surface area (Å²) in [5.41, 5.74) is 8.84. The minimum Gasteiger partial charge on any atom is -0.493 e. The van der Waals surface area contributed by atoms with E-state index in [1.165, 1.54) is 0 Å². The van der Waals surface area contributed by atoms with E-state index in [2.05, 4.69) is 10.8 Å². The van der Waals surface area contributed by atoms with Crippen molar-refractivity contribution in [1.82, 2.24) is 4.57 Å². The molecule has 108 valence electrons. The number of hydrogen-bond acceptors (Lipinski definition) is 3. The van der Waals surface area contributed by atoms with Gasteiger partial charge in [-0.2, -0.15) is 0 Å². The Morgan fingerprint density at radius 1 is 1.10 bits per heavy atom. The summed E-state index contributed by atoms with van der Waals surface area (Å²) in [5.74, 6) is 1.48. The first-order chi connectivity index (χ1) is 10.2. The zero-order valence-corrected chi connectivity index (χ0v) is 12.2. The zero-order valence-electron chi connectivity index (χ0n) is 12.2. The lowest BCUT2D eigenvalue weighted by atomic mass is 10.1. The van der Waals surface area contributed by atoms with Gasteiger partial charge >= 0.3 is 0 Å². The lowest BCUT2D eigenvalue weighted by molar-refractivity contribution is 0.285. The molecule has 0 saturated heterocycles. The van der Waals surface area contributed by atoms with Crippen molar-refractivity contribution in [1.29, 1.82) is 0 Å². The fourth-order valence-electron chi connectivity index (χ4n) is 2.49. The van der Waals surface area contributed by atoms with Gasteiger partial charge in [-0.25, -0.2) is 0 Å². The van der Waals surface area contributed by atoms with E-state index in [0.29, 0.717) is 6.61 Å². The Bertz CT molecular complexity index is 778. The van der Waals surface area contributed by atoms with Crippen LogP contribution in [0.25, 0.3) is 10.9 Å². The number of nitrogen functional groups attached to an aromatic ring is 1. The van der Waals surface area contributed by atoms with Crippen molar-refractivity contribution < 1.29 is 9.47 Å². The predicted molar refractivity (Wildman–Crippen MR) is 84.7 cm³/mol. The van der Waals surface area contributed by atoms with Gasteiger partial charge < -0.3 is 19.8 Å². The molecule has 0 atom stereocenters. The Morgan fingerprint density at radius 3 is 2.62 bits per heavy atom. The van der Waals surface area contributed by atoms with Crippen LogP contribution in [0.15, 0.2) is 48.7 Å². The summed E-state index contributed by atoms with van der Waals surface area (Å²) >= 11 is 0. The standard InChI is InChI=1S/C17H18N2O2/c1-19-10-12(14-8-7-13(18)9-15(14)19)11-21-17-6-4-3-5-16(17)20-2/h3-10H,11,18H2,1-2H3. The van der Waals surface area contributed by atoms with Gasteiger partial charge in [0.1, 0.15) is 6.61 Å². The Balaban J connectivity index is 1.89. The molecule has 0 fully saturated rings. The van der Waals surface area contributed by atoms with Crippen molar-refractivity contribution in [3.63, 3.8) is 0 Å². The molecule has 21 heavy (non-hydrogen) atoms. The quantitative estimate of drug-likeness (QED) is 0.747. The molecular formula is C17H18N2O2. The number of hydrogen-bond donors (Lipinski definition) is 1. The highest BCUT2D eigenvalue weighted by Gasteiger charge is 2.09. The smallest absolute Gasteiger partial charge is 0.161 e. The van der Waals surface area contributed by atoms with Gasteiger partial charge in [-0.3, -0.25) is 0 Å². The van der Waals surface area contributed by atoms with Gasteiger partial charge in [0.15, 0.2) is 11.5 Å². The molecule has 1 aromatic heterocycles. The molecule has 2 N–H and O–H groups in total. The monoisotopic (exact) mass is 282 g/mol. The number of methoxy groups -OCH3 is 1. The number of ether oxygens (including phenoxy) is 2. The molecule has 0 bridgehead atoms. The number of para-hydroxylation sites is 2. The van der Waals surface area contributed by atoms with Gasteiger partial charge in [-0.15, -0.1) is 0 Å². The summed E-state index contributed by atoms with van der Waals surface area (Å²) < 4.78 is 13.3. The lowest BCUT2D eigenvalue weighted by Gasteiger charge is -2.09. The van der Waals surface area contributed by atoms with Crippen molar-refractivity contribution in [2.45, 2.75) is 6.61 Å². The maximum atomic E-state index is 5.90. The van der Waals surface area contributed by atoms with Crippen LogP contribution in [0.5, 0.6) is 11.5 Å². The first-order valence-electron chi connectivity index (χ1n) is 6.78. The molecule has 0 unspecified atom stereocenters. The molecule has 4 heteroatoms. The summed E-state index contributed by atoms with van der Waals surface area (Å²) in [6.07, 6.45) is 2.07. The summed E-state index contributed by atoms with van der Waals surface area (Å²) in [6.45, 7) is 0.488. The second-order valence-electron chi connectivity index (χ2n) is 4.98. The van der Waals surface area contributed by atoms with Crippen LogP contribution in [-0.4, -0.2) is 11.7 Å². The topological polar surface area (TPSA) is 49.4 Å². The average molecular weight is 282 g/mol. The summed E-state index contributed by atoms with van der Waals surface area (Å²) in [7, 11) is 3.65. The van der Waals surface area contributed by atoms with Gasteiger partial charge in [-0.05, 0) is 24.3 Å². The van der Waals surface area contributed by atoms with Gasteiger partial charge in [0.05, 0.1) is 12.6 Å². The van der Waals surface area contributed by atoms with Crippen molar-refractivity contribution in [2.75, 3.05) is 12.8 Å². The molecule has 0 radical (unpaired) electrons. The van der Waals surface area contributed by atoms with Gasteiger partial charge in [0.2, 0.25) is 0 Å². The molecule has 1 heterocycles. The van der Waals surface area contributed by atoms with Crippen LogP contribution in [0.1, 0.15) is 5.56 Å². The van der Waals surface area contributed by atoms with Crippen LogP contribution in [0.3, 0.4) is 0 Å². The predicted octanol–water partition coefficient (Wildman–Crippen LogP) is 3.35. The fraction of sp³-hybridized carbons (Fsp3) is 0.176. The number of rotatable bonds is 4. The number of benzene rings is 2. The molecule has 0 amide bonds. The Hall–Kier alpha value is -2.62.